The number of ether oxygens (including phenoxy) is 1. The average Bonchev–Trinajstić information content (AvgIpc) is 3.01. The SMILES string of the molecule is N#CC1=CC=C(c2ccc(-c3ccc(OCCCCCc4ccc(-c5ccc(F)c(F)c5)c(F)c4)cc3)cc2F)CC1. The van der Waals surface area contributed by atoms with E-state index in [2.05, 4.69) is 6.07 Å². The minimum absolute atomic E-state index is 0.241. The molecule has 0 fully saturated rings. The lowest BCUT2D eigenvalue weighted by atomic mass is 9.92. The van der Waals surface area contributed by atoms with Crippen molar-refractivity contribution in [1.29, 1.82) is 5.26 Å². The number of benzene rings is 4. The van der Waals surface area contributed by atoms with Gasteiger partial charge in [-0.15, -0.1) is 0 Å². The first kappa shape index (κ1) is 28.9. The van der Waals surface area contributed by atoms with Crippen molar-refractivity contribution >= 4 is 5.57 Å². The van der Waals surface area contributed by atoms with Gasteiger partial charge in [0.15, 0.2) is 11.6 Å². The lowest BCUT2D eigenvalue weighted by Gasteiger charge is -2.13. The maximum absolute atomic E-state index is 14.9. The van der Waals surface area contributed by atoms with E-state index in [9.17, 15) is 17.6 Å². The van der Waals surface area contributed by atoms with Crippen LogP contribution in [0, 0.1) is 34.6 Å². The Kier molecular flexibility index (Phi) is 9.18. The maximum Gasteiger partial charge on any atom is 0.159 e. The molecule has 1 aliphatic rings. The molecule has 0 spiro atoms. The van der Waals surface area contributed by atoms with Gasteiger partial charge in [-0.1, -0.05) is 48.5 Å². The van der Waals surface area contributed by atoms with Crippen molar-refractivity contribution in [2.75, 3.05) is 6.61 Å². The summed E-state index contributed by atoms with van der Waals surface area (Å²) in [5.41, 5.74) is 5.23. The molecule has 212 valence electrons. The average molecular weight is 568 g/mol. The van der Waals surface area contributed by atoms with Crippen molar-refractivity contribution in [3.63, 3.8) is 0 Å². The Balaban J connectivity index is 1.07. The second kappa shape index (κ2) is 13.4. The fourth-order valence-corrected chi connectivity index (χ4v) is 5.06. The second-order valence-electron chi connectivity index (χ2n) is 10.3. The topological polar surface area (TPSA) is 33.0 Å². The Hall–Kier alpha value is -4.63. The van der Waals surface area contributed by atoms with Gasteiger partial charge < -0.3 is 4.74 Å². The monoisotopic (exact) mass is 567 g/mol. The fourth-order valence-electron chi connectivity index (χ4n) is 5.06. The summed E-state index contributed by atoms with van der Waals surface area (Å²) >= 11 is 0. The Labute approximate surface area is 243 Å². The van der Waals surface area contributed by atoms with Gasteiger partial charge >= 0.3 is 0 Å². The second-order valence-corrected chi connectivity index (χ2v) is 10.3. The van der Waals surface area contributed by atoms with Gasteiger partial charge in [-0.3, -0.25) is 0 Å². The van der Waals surface area contributed by atoms with E-state index in [1.54, 1.807) is 18.2 Å². The van der Waals surface area contributed by atoms with Gasteiger partial charge in [-0.2, -0.15) is 5.26 Å². The molecule has 4 aromatic rings. The summed E-state index contributed by atoms with van der Waals surface area (Å²) in [6, 6.07) is 23.2. The highest BCUT2D eigenvalue weighted by atomic mass is 19.2. The lowest BCUT2D eigenvalue weighted by molar-refractivity contribution is 0.305. The van der Waals surface area contributed by atoms with Crippen LogP contribution in [0.3, 0.4) is 0 Å². The number of unbranched alkanes of at least 4 members (excludes halogenated alkanes) is 2. The molecule has 0 saturated heterocycles. The van der Waals surface area contributed by atoms with Crippen LogP contribution in [-0.2, 0) is 6.42 Å². The fraction of sp³-hybridized carbons (Fsp3) is 0.194. The first-order valence-corrected chi connectivity index (χ1v) is 14.0. The van der Waals surface area contributed by atoms with E-state index in [4.69, 9.17) is 10.00 Å². The van der Waals surface area contributed by atoms with E-state index < -0.39 is 17.5 Å². The molecule has 0 amide bonds. The van der Waals surface area contributed by atoms with Gasteiger partial charge in [0.2, 0.25) is 0 Å². The summed E-state index contributed by atoms with van der Waals surface area (Å²) in [6.07, 6.45) is 8.16. The Morgan fingerprint density at radius 2 is 1.33 bits per heavy atom. The van der Waals surface area contributed by atoms with Crippen LogP contribution in [-0.4, -0.2) is 6.61 Å². The van der Waals surface area contributed by atoms with E-state index in [-0.39, 0.29) is 11.4 Å². The molecule has 0 N–H and O–H groups in total. The first-order chi connectivity index (χ1) is 20.4. The van der Waals surface area contributed by atoms with Crippen LogP contribution in [0.5, 0.6) is 5.75 Å². The third-order valence-corrected chi connectivity index (χ3v) is 7.44. The summed E-state index contributed by atoms with van der Waals surface area (Å²) in [5.74, 6) is -1.97. The van der Waals surface area contributed by atoms with Gasteiger partial charge in [-0.05, 0) is 109 Å². The molecule has 0 saturated carbocycles. The number of hydrogen-bond donors (Lipinski definition) is 0. The van der Waals surface area contributed by atoms with Crippen molar-refractivity contribution < 1.29 is 22.3 Å². The van der Waals surface area contributed by atoms with Crippen LogP contribution in [0.4, 0.5) is 17.6 Å². The maximum atomic E-state index is 14.9. The molecule has 0 aliphatic heterocycles. The molecule has 0 bridgehead atoms. The van der Waals surface area contributed by atoms with Crippen molar-refractivity contribution in [3.8, 4) is 34.1 Å². The summed E-state index contributed by atoms with van der Waals surface area (Å²) in [6.45, 7) is 0.545. The number of aryl methyl sites for hydroxylation is 1. The van der Waals surface area contributed by atoms with E-state index in [0.29, 0.717) is 42.6 Å². The Bertz CT molecular complexity index is 1680. The van der Waals surface area contributed by atoms with Crippen molar-refractivity contribution in [2.45, 2.75) is 38.5 Å². The van der Waals surface area contributed by atoms with Crippen LogP contribution >= 0.6 is 0 Å². The molecule has 42 heavy (non-hydrogen) atoms. The third kappa shape index (κ3) is 6.98. The van der Waals surface area contributed by atoms with Crippen LogP contribution in [0.25, 0.3) is 27.8 Å². The van der Waals surface area contributed by atoms with Crippen molar-refractivity contribution in [2.24, 2.45) is 0 Å². The summed E-state index contributed by atoms with van der Waals surface area (Å²) < 4.78 is 62.0. The molecule has 2 nitrogen and oxygen atoms in total. The van der Waals surface area contributed by atoms with Crippen LogP contribution < -0.4 is 4.74 Å². The minimum Gasteiger partial charge on any atom is -0.494 e. The smallest absolute Gasteiger partial charge is 0.159 e. The van der Waals surface area contributed by atoms with Crippen molar-refractivity contribution in [1.82, 2.24) is 0 Å². The predicted octanol–water partition coefficient (Wildman–Crippen LogP) is 10.00. The number of rotatable bonds is 10. The highest BCUT2D eigenvalue weighted by Crippen LogP contribution is 2.32. The molecular weight excluding hydrogens is 538 g/mol. The van der Waals surface area contributed by atoms with Gasteiger partial charge in [0.25, 0.3) is 0 Å². The van der Waals surface area contributed by atoms with Gasteiger partial charge in [-0.25, -0.2) is 17.6 Å². The summed E-state index contributed by atoms with van der Waals surface area (Å²) in [4.78, 5) is 0. The van der Waals surface area contributed by atoms with Gasteiger partial charge in [0, 0.05) is 16.7 Å². The number of nitriles is 1. The van der Waals surface area contributed by atoms with Crippen LogP contribution in [0.1, 0.15) is 43.2 Å². The quantitative estimate of drug-likeness (QED) is 0.141. The third-order valence-electron chi connectivity index (χ3n) is 7.44. The highest BCUT2D eigenvalue weighted by molar-refractivity contribution is 5.73. The first-order valence-electron chi connectivity index (χ1n) is 14.0. The zero-order valence-corrected chi connectivity index (χ0v) is 23.0. The van der Waals surface area contributed by atoms with E-state index in [1.807, 2.05) is 42.5 Å². The highest BCUT2D eigenvalue weighted by Gasteiger charge is 2.13. The zero-order chi connectivity index (χ0) is 29.5. The molecule has 4 aromatic carbocycles. The standard InChI is InChI=1S/C36H29F4NO/c37-33-18-13-29(22-36(33)40)32-16-7-24(20-34(32)38)4-2-1-3-19-42-30-14-10-26(11-15-30)28-12-17-31(35(39)21-28)27-8-5-25(23-41)6-9-27/h5,7-8,10-18,20-22H,1-4,6,9,19H2. The summed E-state index contributed by atoms with van der Waals surface area (Å²) in [5, 5.41) is 9.00. The number of nitrogens with zero attached hydrogens (tertiary/aromatic N) is 1. The summed E-state index contributed by atoms with van der Waals surface area (Å²) in [7, 11) is 0. The predicted molar refractivity (Wildman–Crippen MR) is 158 cm³/mol. The van der Waals surface area contributed by atoms with Crippen LogP contribution in [0.2, 0.25) is 0 Å². The molecule has 1 aliphatic carbocycles. The lowest BCUT2D eigenvalue weighted by Crippen LogP contribution is -1.98. The van der Waals surface area contributed by atoms with E-state index in [1.165, 1.54) is 18.2 Å². The molecule has 0 atom stereocenters. The number of allylic oxidation sites excluding steroid dienone is 4. The van der Waals surface area contributed by atoms with E-state index in [0.717, 1.165) is 59.4 Å². The van der Waals surface area contributed by atoms with Gasteiger partial charge in [0.1, 0.15) is 17.4 Å². The molecule has 0 aromatic heterocycles. The Morgan fingerprint density at radius 3 is 2.02 bits per heavy atom. The molecule has 0 radical (unpaired) electrons. The number of hydrogen-bond acceptors (Lipinski definition) is 2. The van der Waals surface area contributed by atoms with Crippen molar-refractivity contribution in [3.05, 3.63) is 131 Å². The molecular formula is C36H29F4NO. The van der Waals surface area contributed by atoms with Gasteiger partial charge in [0.05, 0.1) is 12.7 Å². The zero-order valence-electron chi connectivity index (χ0n) is 23.0. The van der Waals surface area contributed by atoms with Crippen LogP contribution in [0.15, 0.2) is 96.6 Å². The molecule has 5 rings (SSSR count). The molecule has 0 unspecified atom stereocenters. The normalized spacial score (nSPS) is 12.8. The number of halogens is 4. The molecule has 0 heterocycles. The Morgan fingerprint density at radius 1 is 0.619 bits per heavy atom. The van der Waals surface area contributed by atoms with E-state index >= 15 is 0 Å². The largest absolute Gasteiger partial charge is 0.494 e. The minimum atomic E-state index is -1.00. The molecule has 6 heteroatoms.